The lowest BCUT2D eigenvalue weighted by molar-refractivity contribution is 0.235. The molecule has 0 aliphatic heterocycles. The molecule has 18 heavy (non-hydrogen) atoms. The topological polar surface area (TPSA) is 26.0 Å². The van der Waals surface area contributed by atoms with Crippen LogP contribution >= 0.6 is 0 Å². The number of nitrogens with two attached hydrogens (primary N) is 1. The predicted molar refractivity (Wildman–Crippen MR) is 77.0 cm³/mol. The Hall–Kier alpha value is -0.980. The van der Waals surface area contributed by atoms with Crippen molar-refractivity contribution in [3.63, 3.8) is 0 Å². The number of hydrogen-bond acceptors (Lipinski definition) is 1. The molecule has 1 nitrogen and oxygen atoms in total. The van der Waals surface area contributed by atoms with Crippen LogP contribution in [0.1, 0.15) is 57.8 Å². The summed E-state index contributed by atoms with van der Waals surface area (Å²) in [5.74, 6) is 1.77. The minimum atomic E-state index is 0.818. The fourth-order valence-corrected chi connectivity index (χ4v) is 4.06. The van der Waals surface area contributed by atoms with Crippen molar-refractivity contribution in [2.24, 2.45) is 17.6 Å². The highest BCUT2D eigenvalue weighted by Crippen LogP contribution is 2.47. The van der Waals surface area contributed by atoms with Gasteiger partial charge in [-0.25, -0.2) is 0 Å². The van der Waals surface area contributed by atoms with Gasteiger partial charge in [0.25, 0.3) is 0 Å². The molecule has 0 aromatic heterocycles. The van der Waals surface area contributed by atoms with Gasteiger partial charge in [0.1, 0.15) is 0 Å². The second-order valence-corrected chi connectivity index (χ2v) is 6.19. The molecule has 0 spiro atoms. The molecular weight excluding hydrogens is 218 g/mol. The van der Waals surface area contributed by atoms with Crippen LogP contribution in [0.2, 0.25) is 0 Å². The van der Waals surface area contributed by atoms with Gasteiger partial charge in [0, 0.05) is 5.70 Å². The van der Waals surface area contributed by atoms with E-state index in [2.05, 4.69) is 6.58 Å². The standard InChI is InChI=1S/C17H25N/c1-2-12-6-4-10-15(12)17(18)16-11-5-9-14(16)13-7-3-8-13/h2,13-14H,1,3-11,18H2/b17-16-. The molecule has 0 radical (unpaired) electrons. The maximum atomic E-state index is 6.53. The summed E-state index contributed by atoms with van der Waals surface area (Å²) in [5.41, 5.74) is 12.2. The second-order valence-electron chi connectivity index (χ2n) is 6.19. The fraction of sp³-hybridized carbons (Fsp3) is 0.647. The maximum absolute atomic E-state index is 6.53. The van der Waals surface area contributed by atoms with Crippen molar-refractivity contribution in [2.75, 3.05) is 0 Å². The van der Waals surface area contributed by atoms with E-state index in [1.807, 2.05) is 6.08 Å². The molecule has 0 aromatic rings. The van der Waals surface area contributed by atoms with E-state index >= 15 is 0 Å². The molecule has 0 heterocycles. The zero-order valence-corrected chi connectivity index (χ0v) is 11.4. The zero-order chi connectivity index (χ0) is 12.5. The van der Waals surface area contributed by atoms with Crippen molar-refractivity contribution < 1.29 is 0 Å². The lowest BCUT2D eigenvalue weighted by Crippen LogP contribution is -2.23. The average Bonchev–Trinajstić information content (AvgIpc) is 2.93. The summed E-state index contributed by atoms with van der Waals surface area (Å²) in [6.07, 6.45) is 14.0. The van der Waals surface area contributed by atoms with Crippen molar-refractivity contribution in [2.45, 2.75) is 57.8 Å². The largest absolute Gasteiger partial charge is 0.399 e. The van der Waals surface area contributed by atoms with Gasteiger partial charge >= 0.3 is 0 Å². The Bertz CT molecular complexity index is 409. The molecule has 1 atom stereocenters. The van der Waals surface area contributed by atoms with Gasteiger partial charge in [-0.3, -0.25) is 0 Å². The van der Waals surface area contributed by atoms with Gasteiger partial charge < -0.3 is 5.73 Å². The molecule has 2 fully saturated rings. The van der Waals surface area contributed by atoms with Crippen molar-refractivity contribution in [3.05, 3.63) is 35.1 Å². The summed E-state index contributed by atoms with van der Waals surface area (Å²) in [4.78, 5) is 0. The van der Waals surface area contributed by atoms with Crippen molar-refractivity contribution in [1.29, 1.82) is 0 Å². The minimum Gasteiger partial charge on any atom is -0.399 e. The predicted octanol–water partition coefficient (Wildman–Crippen LogP) is 4.47. The molecule has 0 aromatic carbocycles. The highest BCUT2D eigenvalue weighted by molar-refractivity contribution is 5.44. The van der Waals surface area contributed by atoms with Crippen LogP contribution in [0.3, 0.4) is 0 Å². The monoisotopic (exact) mass is 243 g/mol. The van der Waals surface area contributed by atoms with Gasteiger partial charge in [-0.15, -0.1) is 0 Å². The van der Waals surface area contributed by atoms with Crippen LogP contribution in [0.25, 0.3) is 0 Å². The lowest BCUT2D eigenvalue weighted by atomic mass is 9.73. The molecule has 2 saturated carbocycles. The Morgan fingerprint density at radius 1 is 1.06 bits per heavy atom. The first-order chi connectivity index (χ1) is 8.81. The van der Waals surface area contributed by atoms with Gasteiger partial charge in [-0.2, -0.15) is 0 Å². The molecule has 3 rings (SSSR count). The third-order valence-electron chi connectivity index (χ3n) is 5.31. The maximum Gasteiger partial charge on any atom is 0.0344 e. The Morgan fingerprint density at radius 2 is 1.89 bits per heavy atom. The molecule has 1 heteroatoms. The average molecular weight is 243 g/mol. The van der Waals surface area contributed by atoms with E-state index in [1.165, 1.54) is 68.9 Å². The minimum absolute atomic E-state index is 0.818. The van der Waals surface area contributed by atoms with E-state index in [-0.39, 0.29) is 0 Å². The van der Waals surface area contributed by atoms with Crippen LogP contribution in [0, 0.1) is 11.8 Å². The first-order valence-corrected chi connectivity index (χ1v) is 7.64. The molecule has 0 saturated heterocycles. The highest BCUT2D eigenvalue weighted by atomic mass is 14.6. The Morgan fingerprint density at radius 3 is 2.56 bits per heavy atom. The van der Waals surface area contributed by atoms with Gasteiger partial charge in [-0.1, -0.05) is 19.1 Å². The Kier molecular flexibility index (Phi) is 3.32. The summed E-state index contributed by atoms with van der Waals surface area (Å²) >= 11 is 0. The summed E-state index contributed by atoms with van der Waals surface area (Å²) in [7, 11) is 0. The Labute approximate surface area is 111 Å². The van der Waals surface area contributed by atoms with Crippen LogP contribution < -0.4 is 5.73 Å². The summed E-state index contributed by atoms with van der Waals surface area (Å²) < 4.78 is 0. The normalized spacial score (nSPS) is 31.7. The highest BCUT2D eigenvalue weighted by Gasteiger charge is 2.34. The van der Waals surface area contributed by atoms with Crippen LogP contribution in [0.5, 0.6) is 0 Å². The third kappa shape index (κ3) is 1.94. The van der Waals surface area contributed by atoms with Crippen molar-refractivity contribution in [3.8, 4) is 0 Å². The molecular formula is C17H25N. The molecule has 98 valence electrons. The van der Waals surface area contributed by atoms with Crippen LogP contribution in [0.15, 0.2) is 35.1 Å². The first kappa shape index (κ1) is 12.1. The SMILES string of the molecule is C=CC1=C(/C(N)=C2\CCCC2C2CCC2)CCC1. The quantitative estimate of drug-likeness (QED) is 0.777. The summed E-state index contributed by atoms with van der Waals surface area (Å²) in [6, 6.07) is 0. The van der Waals surface area contributed by atoms with Gasteiger partial charge in [0.05, 0.1) is 0 Å². The smallest absolute Gasteiger partial charge is 0.0344 e. The molecule has 3 aliphatic rings. The molecule has 3 aliphatic carbocycles. The van der Waals surface area contributed by atoms with E-state index < -0.39 is 0 Å². The van der Waals surface area contributed by atoms with Crippen LogP contribution in [-0.4, -0.2) is 0 Å². The van der Waals surface area contributed by atoms with Gasteiger partial charge in [0.15, 0.2) is 0 Å². The second kappa shape index (κ2) is 4.95. The Balaban J connectivity index is 1.90. The number of hydrogen-bond donors (Lipinski definition) is 1. The van der Waals surface area contributed by atoms with E-state index in [0.29, 0.717) is 0 Å². The number of rotatable bonds is 3. The zero-order valence-electron chi connectivity index (χ0n) is 11.4. The van der Waals surface area contributed by atoms with Crippen molar-refractivity contribution >= 4 is 0 Å². The fourth-order valence-electron chi connectivity index (χ4n) is 4.06. The number of allylic oxidation sites excluding steroid dienone is 4. The summed E-state index contributed by atoms with van der Waals surface area (Å²) in [5, 5.41) is 0. The van der Waals surface area contributed by atoms with E-state index in [9.17, 15) is 0 Å². The molecule has 0 bridgehead atoms. The summed E-state index contributed by atoms with van der Waals surface area (Å²) in [6.45, 7) is 3.95. The molecule has 1 unspecified atom stereocenters. The van der Waals surface area contributed by atoms with Gasteiger partial charge in [-0.05, 0) is 79.9 Å². The first-order valence-electron chi connectivity index (χ1n) is 7.64. The van der Waals surface area contributed by atoms with Gasteiger partial charge in [0.2, 0.25) is 0 Å². The lowest BCUT2D eigenvalue weighted by Gasteiger charge is -2.33. The van der Waals surface area contributed by atoms with Crippen LogP contribution in [0.4, 0.5) is 0 Å². The van der Waals surface area contributed by atoms with E-state index in [4.69, 9.17) is 5.73 Å². The van der Waals surface area contributed by atoms with E-state index in [0.717, 1.165) is 17.5 Å². The molecule has 2 N–H and O–H groups in total. The molecule has 0 amide bonds. The van der Waals surface area contributed by atoms with Crippen molar-refractivity contribution in [1.82, 2.24) is 0 Å². The third-order valence-corrected chi connectivity index (χ3v) is 5.31. The van der Waals surface area contributed by atoms with Crippen LogP contribution in [-0.2, 0) is 0 Å². The van der Waals surface area contributed by atoms with E-state index in [1.54, 1.807) is 5.57 Å².